The van der Waals surface area contributed by atoms with Gasteiger partial charge in [-0.2, -0.15) is 0 Å². The molecule has 0 spiro atoms. The van der Waals surface area contributed by atoms with Gasteiger partial charge in [0.1, 0.15) is 5.41 Å². The summed E-state index contributed by atoms with van der Waals surface area (Å²) in [7, 11) is 1.72. The lowest BCUT2D eigenvalue weighted by Crippen LogP contribution is -2.47. The van der Waals surface area contributed by atoms with Crippen LogP contribution in [0.3, 0.4) is 0 Å². The van der Waals surface area contributed by atoms with Gasteiger partial charge in [-0.1, -0.05) is 6.07 Å². The fourth-order valence-corrected chi connectivity index (χ4v) is 2.77. The molecule has 1 aliphatic rings. The van der Waals surface area contributed by atoms with E-state index in [9.17, 15) is 9.59 Å². The van der Waals surface area contributed by atoms with E-state index < -0.39 is 5.41 Å². The predicted octanol–water partition coefficient (Wildman–Crippen LogP) is 1.97. The van der Waals surface area contributed by atoms with Gasteiger partial charge in [0.2, 0.25) is 11.8 Å². The van der Waals surface area contributed by atoms with Crippen LogP contribution < -0.4 is 15.5 Å². The monoisotopic (exact) mass is 325 g/mol. The Hall–Kier alpha value is -1.59. The number of hydrogen-bond acceptors (Lipinski definition) is 3. The number of nitrogens with zero attached hydrogens (tertiary/aromatic N) is 2. The highest BCUT2D eigenvalue weighted by atomic mass is 35.5. The zero-order chi connectivity index (χ0) is 15.8. The van der Waals surface area contributed by atoms with E-state index in [0.29, 0.717) is 13.1 Å². The van der Waals surface area contributed by atoms with Gasteiger partial charge in [-0.05, 0) is 51.4 Å². The largest absolute Gasteiger partial charge is 0.330 e. The number of carbonyl (C=O) groups is 2. The van der Waals surface area contributed by atoms with E-state index in [1.807, 2.05) is 25.1 Å². The van der Waals surface area contributed by atoms with Crippen LogP contribution in [0.1, 0.15) is 26.3 Å². The topological polar surface area (TPSA) is 66.6 Å². The summed E-state index contributed by atoms with van der Waals surface area (Å²) < 4.78 is 0. The Morgan fingerprint density at radius 1 is 1.14 bits per heavy atom. The van der Waals surface area contributed by atoms with Gasteiger partial charge in [0.15, 0.2) is 0 Å². The van der Waals surface area contributed by atoms with E-state index in [2.05, 4.69) is 0 Å². The molecule has 0 fully saturated rings. The minimum atomic E-state index is -1.06. The van der Waals surface area contributed by atoms with Crippen molar-refractivity contribution < 1.29 is 9.59 Å². The van der Waals surface area contributed by atoms with Crippen molar-refractivity contribution >= 4 is 35.6 Å². The maximum Gasteiger partial charge on any atom is 0.242 e. The second kappa shape index (κ2) is 6.67. The van der Waals surface area contributed by atoms with Crippen LogP contribution in [0.15, 0.2) is 18.2 Å². The van der Waals surface area contributed by atoms with Gasteiger partial charge in [-0.25, -0.2) is 0 Å². The number of rotatable bonds is 3. The van der Waals surface area contributed by atoms with E-state index in [1.165, 1.54) is 0 Å². The Bertz CT molecular complexity index is 587. The van der Waals surface area contributed by atoms with Crippen molar-refractivity contribution in [3.8, 4) is 0 Å². The van der Waals surface area contributed by atoms with E-state index in [-0.39, 0.29) is 24.2 Å². The standard InChI is InChI=1S/C16H23N3O2.ClH/c1-5-19-12-7-6-11(8-9-17)10-13(12)18(4)14(20)16(2,3)15(19)21;/h6-7,10H,5,8-9,17H2,1-4H3;1H. The first-order chi connectivity index (χ1) is 9.84. The molecular formula is C16H24ClN3O2. The van der Waals surface area contributed by atoms with Crippen LogP contribution >= 0.6 is 12.4 Å². The van der Waals surface area contributed by atoms with Gasteiger partial charge in [0.05, 0.1) is 11.4 Å². The summed E-state index contributed by atoms with van der Waals surface area (Å²) in [6, 6.07) is 5.84. The average Bonchev–Trinajstić information content (AvgIpc) is 2.51. The zero-order valence-electron chi connectivity index (χ0n) is 13.5. The van der Waals surface area contributed by atoms with Crippen LogP contribution in [0.2, 0.25) is 0 Å². The number of anilines is 2. The minimum Gasteiger partial charge on any atom is -0.330 e. The zero-order valence-corrected chi connectivity index (χ0v) is 14.4. The summed E-state index contributed by atoms with van der Waals surface area (Å²) in [6.07, 6.45) is 0.749. The fraction of sp³-hybridized carbons (Fsp3) is 0.500. The highest BCUT2D eigenvalue weighted by Gasteiger charge is 2.45. The van der Waals surface area contributed by atoms with E-state index in [0.717, 1.165) is 23.4 Å². The molecule has 6 heteroatoms. The fourth-order valence-electron chi connectivity index (χ4n) is 2.77. The molecule has 2 N–H and O–H groups in total. The van der Waals surface area contributed by atoms with Gasteiger partial charge >= 0.3 is 0 Å². The predicted molar refractivity (Wildman–Crippen MR) is 91.7 cm³/mol. The lowest BCUT2D eigenvalue weighted by atomic mass is 9.90. The van der Waals surface area contributed by atoms with Crippen LogP contribution in [0.5, 0.6) is 0 Å². The summed E-state index contributed by atoms with van der Waals surface area (Å²) in [4.78, 5) is 28.6. The SMILES string of the molecule is CCN1C(=O)C(C)(C)C(=O)N(C)c2cc(CCN)ccc21.Cl. The lowest BCUT2D eigenvalue weighted by molar-refractivity contribution is -0.137. The van der Waals surface area contributed by atoms with Crippen molar-refractivity contribution in [3.05, 3.63) is 23.8 Å². The molecule has 1 aromatic carbocycles. The summed E-state index contributed by atoms with van der Waals surface area (Å²) in [6.45, 7) is 6.37. The molecule has 1 heterocycles. The van der Waals surface area contributed by atoms with E-state index in [1.54, 1.807) is 30.7 Å². The summed E-state index contributed by atoms with van der Waals surface area (Å²) in [5.74, 6) is -0.346. The van der Waals surface area contributed by atoms with Crippen molar-refractivity contribution in [2.45, 2.75) is 27.2 Å². The molecule has 0 aliphatic carbocycles. The number of amides is 2. The molecule has 0 bridgehead atoms. The van der Waals surface area contributed by atoms with Crippen LogP contribution in [0, 0.1) is 5.41 Å². The highest BCUT2D eigenvalue weighted by molar-refractivity contribution is 6.19. The number of halogens is 1. The molecule has 22 heavy (non-hydrogen) atoms. The van der Waals surface area contributed by atoms with Gasteiger partial charge in [-0.3, -0.25) is 9.59 Å². The normalized spacial score (nSPS) is 17.0. The molecule has 2 rings (SSSR count). The molecule has 1 aliphatic heterocycles. The highest BCUT2D eigenvalue weighted by Crippen LogP contribution is 2.38. The first kappa shape index (κ1) is 18.5. The molecule has 0 atom stereocenters. The molecule has 0 radical (unpaired) electrons. The first-order valence-corrected chi connectivity index (χ1v) is 7.27. The third-order valence-corrected chi connectivity index (χ3v) is 4.06. The maximum absolute atomic E-state index is 12.7. The van der Waals surface area contributed by atoms with Gasteiger partial charge in [0, 0.05) is 13.6 Å². The quantitative estimate of drug-likeness (QED) is 0.864. The Morgan fingerprint density at radius 2 is 1.77 bits per heavy atom. The Labute approximate surface area is 137 Å². The van der Waals surface area contributed by atoms with Crippen molar-refractivity contribution in [3.63, 3.8) is 0 Å². The van der Waals surface area contributed by atoms with Crippen molar-refractivity contribution in [1.29, 1.82) is 0 Å². The van der Waals surface area contributed by atoms with Gasteiger partial charge < -0.3 is 15.5 Å². The van der Waals surface area contributed by atoms with Crippen LogP contribution in [0.4, 0.5) is 11.4 Å². The second-order valence-corrected chi connectivity index (χ2v) is 5.90. The average molecular weight is 326 g/mol. The van der Waals surface area contributed by atoms with Crippen molar-refractivity contribution in [1.82, 2.24) is 0 Å². The Kier molecular flexibility index (Phi) is 5.59. The lowest BCUT2D eigenvalue weighted by Gasteiger charge is -2.27. The second-order valence-electron chi connectivity index (χ2n) is 5.90. The van der Waals surface area contributed by atoms with Crippen LogP contribution in [0.25, 0.3) is 0 Å². The van der Waals surface area contributed by atoms with Gasteiger partial charge in [0.25, 0.3) is 0 Å². The molecule has 0 unspecified atom stereocenters. The summed E-state index contributed by atoms with van der Waals surface area (Å²) in [5, 5.41) is 0. The molecular weight excluding hydrogens is 302 g/mol. The number of benzene rings is 1. The van der Waals surface area contributed by atoms with E-state index in [4.69, 9.17) is 5.73 Å². The molecule has 2 amide bonds. The number of hydrogen-bond donors (Lipinski definition) is 1. The summed E-state index contributed by atoms with van der Waals surface area (Å²) >= 11 is 0. The van der Waals surface area contributed by atoms with Crippen molar-refractivity contribution in [2.24, 2.45) is 11.1 Å². The molecule has 122 valence electrons. The molecule has 0 saturated heterocycles. The van der Waals surface area contributed by atoms with Gasteiger partial charge in [-0.15, -0.1) is 12.4 Å². The first-order valence-electron chi connectivity index (χ1n) is 7.27. The molecule has 0 aromatic heterocycles. The third kappa shape index (κ3) is 2.83. The Balaban J connectivity index is 0.00000242. The number of fused-ring (bicyclic) bond motifs is 1. The van der Waals surface area contributed by atoms with Crippen LogP contribution in [-0.2, 0) is 16.0 Å². The number of carbonyl (C=O) groups excluding carboxylic acids is 2. The summed E-state index contributed by atoms with van der Waals surface area (Å²) in [5.41, 5.74) is 7.17. The van der Waals surface area contributed by atoms with E-state index >= 15 is 0 Å². The van der Waals surface area contributed by atoms with Crippen LogP contribution in [-0.4, -0.2) is 32.0 Å². The van der Waals surface area contributed by atoms with Crippen molar-refractivity contribution in [2.75, 3.05) is 29.9 Å². The maximum atomic E-state index is 12.7. The molecule has 0 saturated carbocycles. The molecule has 5 nitrogen and oxygen atoms in total. The third-order valence-electron chi connectivity index (χ3n) is 4.06. The molecule has 1 aromatic rings. The smallest absolute Gasteiger partial charge is 0.242 e. The Morgan fingerprint density at radius 3 is 2.32 bits per heavy atom. The number of nitrogens with two attached hydrogens (primary N) is 1. The minimum absolute atomic E-state index is 0.